The summed E-state index contributed by atoms with van der Waals surface area (Å²) in [6.07, 6.45) is 11.1. The number of aliphatic hydroxyl groups is 3. The third-order valence-corrected chi connectivity index (χ3v) is 10.3. The smallest absolute Gasteiger partial charge is 0.254 e. The van der Waals surface area contributed by atoms with Crippen molar-refractivity contribution in [3.63, 3.8) is 0 Å². The summed E-state index contributed by atoms with van der Waals surface area (Å²) >= 11 is 0. The zero-order valence-electron chi connectivity index (χ0n) is 23.7. The Morgan fingerprint density at radius 1 is 1.15 bits per heavy atom. The molecule has 0 spiro atoms. The second-order valence-electron chi connectivity index (χ2n) is 12.9. The summed E-state index contributed by atoms with van der Waals surface area (Å²) in [6.45, 7) is 8.67. The number of aliphatic hydroxyl groups excluding tert-OH is 2. The van der Waals surface area contributed by atoms with Gasteiger partial charge in [0.05, 0.1) is 19.3 Å². The first-order valence-electron chi connectivity index (χ1n) is 14.6. The minimum atomic E-state index is -1.32. The first kappa shape index (κ1) is 28.1. The lowest BCUT2D eigenvalue weighted by Gasteiger charge is -2.43. The standard InChI is InChI=1S/C33H45NO5/c1-21-24(16-27(35)18-30(21)36)10-9-23-6-5-15-32(2)25(11-14-29(23)32)17-26-19-33(3,38)31(37)34(26)20-22-7-12-28(39-4)13-8-22/h7-10,12-13,25-27,29-30,35-36,38H,1,5-6,11,14-20H2,2-4H3/b23-9+,24-10-/t25?,26?,27-,29+,30+,32-,33?/m1/s1. The van der Waals surface area contributed by atoms with E-state index >= 15 is 0 Å². The van der Waals surface area contributed by atoms with E-state index < -0.39 is 17.8 Å². The third kappa shape index (κ3) is 5.48. The second-order valence-corrected chi connectivity index (χ2v) is 12.9. The maximum Gasteiger partial charge on any atom is 0.254 e. The van der Waals surface area contributed by atoms with E-state index in [1.54, 1.807) is 14.0 Å². The zero-order chi connectivity index (χ0) is 27.9. The van der Waals surface area contributed by atoms with Gasteiger partial charge in [-0.3, -0.25) is 4.79 Å². The van der Waals surface area contributed by atoms with Gasteiger partial charge in [-0.05, 0) is 98.0 Å². The van der Waals surface area contributed by atoms with Crippen molar-refractivity contribution >= 4 is 5.91 Å². The quantitative estimate of drug-likeness (QED) is 0.473. The molecule has 1 heterocycles. The molecule has 212 valence electrons. The number of allylic oxidation sites excluding steroid dienone is 3. The van der Waals surface area contributed by atoms with Gasteiger partial charge in [-0.15, -0.1) is 0 Å². The predicted molar refractivity (Wildman–Crippen MR) is 152 cm³/mol. The molecule has 1 aliphatic heterocycles. The number of fused-ring (bicyclic) bond motifs is 1. The average Bonchev–Trinajstić information content (AvgIpc) is 3.34. The third-order valence-electron chi connectivity index (χ3n) is 10.3. The van der Waals surface area contributed by atoms with Crippen LogP contribution in [0.5, 0.6) is 5.75 Å². The van der Waals surface area contributed by atoms with Crippen LogP contribution in [0.3, 0.4) is 0 Å². The number of amides is 1. The fraction of sp³-hybridized carbons (Fsp3) is 0.606. The molecule has 1 aromatic rings. The summed E-state index contributed by atoms with van der Waals surface area (Å²) < 4.78 is 5.28. The number of rotatable bonds is 6. The van der Waals surface area contributed by atoms with E-state index in [9.17, 15) is 20.1 Å². The highest BCUT2D eigenvalue weighted by atomic mass is 16.5. The molecule has 6 heteroatoms. The second kappa shape index (κ2) is 10.9. The number of carbonyl (C=O) groups excluding carboxylic acids is 1. The van der Waals surface area contributed by atoms with Gasteiger partial charge < -0.3 is 25.0 Å². The molecule has 1 aromatic carbocycles. The molecule has 0 aromatic heterocycles. The minimum Gasteiger partial charge on any atom is -0.497 e. The molecule has 7 atom stereocenters. The van der Waals surface area contributed by atoms with Crippen LogP contribution < -0.4 is 4.74 Å². The maximum absolute atomic E-state index is 13.3. The molecule has 39 heavy (non-hydrogen) atoms. The molecule has 0 bridgehead atoms. The first-order valence-corrected chi connectivity index (χ1v) is 14.6. The van der Waals surface area contributed by atoms with Crippen molar-refractivity contribution in [2.45, 2.75) is 102 Å². The molecule has 4 aliphatic rings. The number of nitrogens with zero attached hydrogens (tertiary/aromatic N) is 1. The van der Waals surface area contributed by atoms with Crippen LogP contribution >= 0.6 is 0 Å². The molecule has 4 fully saturated rings. The van der Waals surface area contributed by atoms with Gasteiger partial charge in [0.2, 0.25) is 0 Å². The number of hydrogen-bond acceptors (Lipinski definition) is 5. The van der Waals surface area contributed by atoms with Gasteiger partial charge in [-0.1, -0.05) is 43.4 Å². The number of likely N-dealkylation sites (tertiary alicyclic amines) is 1. The lowest BCUT2D eigenvalue weighted by atomic mass is 9.62. The monoisotopic (exact) mass is 535 g/mol. The van der Waals surface area contributed by atoms with Crippen LogP contribution in [-0.4, -0.2) is 57.1 Å². The average molecular weight is 536 g/mol. The SMILES string of the molecule is C=C1/C(=C\C=C2/CCC[C@]3(C)C(CC4CC(C)(O)C(=O)N4Cc4ccc(OC)cc4)CC[C@@H]23)C[C@@H](O)C[C@@H]1O. The van der Waals surface area contributed by atoms with Crippen LogP contribution in [-0.2, 0) is 11.3 Å². The number of hydrogen-bond donors (Lipinski definition) is 3. The fourth-order valence-electron chi connectivity index (χ4n) is 8.00. The van der Waals surface area contributed by atoms with Gasteiger partial charge >= 0.3 is 0 Å². The Morgan fingerprint density at radius 3 is 2.62 bits per heavy atom. The van der Waals surface area contributed by atoms with Gasteiger partial charge in [0, 0.05) is 25.4 Å². The molecule has 3 unspecified atom stereocenters. The van der Waals surface area contributed by atoms with Crippen molar-refractivity contribution in [2.24, 2.45) is 17.3 Å². The highest BCUT2D eigenvalue weighted by Crippen LogP contribution is 2.59. The minimum absolute atomic E-state index is 0.0141. The Balaban J connectivity index is 1.33. The summed E-state index contributed by atoms with van der Waals surface area (Å²) in [7, 11) is 1.64. The van der Waals surface area contributed by atoms with E-state index in [0.717, 1.165) is 54.6 Å². The maximum atomic E-state index is 13.3. The van der Waals surface area contributed by atoms with E-state index in [-0.39, 0.29) is 17.4 Å². The van der Waals surface area contributed by atoms with Crippen molar-refractivity contribution < 1.29 is 24.9 Å². The molecule has 1 saturated heterocycles. The molecule has 5 rings (SSSR count). The van der Waals surface area contributed by atoms with E-state index in [2.05, 4.69) is 25.7 Å². The first-order chi connectivity index (χ1) is 18.5. The number of ether oxygens (including phenoxy) is 1. The van der Waals surface area contributed by atoms with E-state index in [1.807, 2.05) is 29.2 Å². The molecule has 3 N–H and O–H groups in total. The summed E-state index contributed by atoms with van der Waals surface area (Å²) in [5, 5.41) is 31.3. The van der Waals surface area contributed by atoms with E-state index in [1.165, 1.54) is 12.0 Å². The van der Waals surface area contributed by atoms with Crippen molar-refractivity contribution in [1.82, 2.24) is 4.90 Å². The van der Waals surface area contributed by atoms with Crippen molar-refractivity contribution in [1.29, 1.82) is 0 Å². The lowest BCUT2D eigenvalue weighted by Crippen LogP contribution is -2.40. The summed E-state index contributed by atoms with van der Waals surface area (Å²) in [4.78, 5) is 15.2. The Morgan fingerprint density at radius 2 is 1.90 bits per heavy atom. The molecular formula is C33H45NO5. The Bertz CT molecular complexity index is 1150. The Labute approximate surface area is 233 Å². The molecular weight excluding hydrogens is 490 g/mol. The lowest BCUT2D eigenvalue weighted by molar-refractivity contribution is -0.142. The van der Waals surface area contributed by atoms with Gasteiger partial charge in [0.25, 0.3) is 5.91 Å². The van der Waals surface area contributed by atoms with Crippen molar-refractivity contribution in [2.75, 3.05) is 7.11 Å². The summed E-state index contributed by atoms with van der Waals surface area (Å²) in [5.41, 5.74) is 3.03. The zero-order valence-corrected chi connectivity index (χ0v) is 23.7. The largest absolute Gasteiger partial charge is 0.497 e. The topological polar surface area (TPSA) is 90.2 Å². The Hall–Kier alpha value is -2.41. The number of benzene rings is 1. The van der Waals surface area contributed by atoms with Gasteiger partial charge in [0.15, 0.2) is 0 Å². The van der Waals surface area contributed by atoms with Gasteiger partial charge in [-0.2, -0.15) is 0 Å². The number of methoxy groups -OCH3 is 1. The van der Waals surface area contributed by atoms with Crippen LogP contribution in [0.15, 0.2) is 59.7 Å². The summed E-state index contributed by atoms with van der Waals surface area (Å²) in [6, 6.07) is 7.84. The molecule has 3 saturated carbocycles. The van der Waals surface area contributed by atoms with Crippen LogP contribution in [0.1, 0.15) is 77.2 Å². The Kier molecular flexibility index (Phi) is 7.84. The summed E-state index contributed by atoms with van der Waals surface area (Å²) in [5.74, 6) is 1.59. The number of carbonyl (C=O) groups is 1. The van der Waals surface area contributed by atoms with Crippen LogP contribution in [0.25, 0.3) is 0 Å². The van der Waals surface area contributed by atoms with E-state index in [0.29, 0.717) is 37.6 Å². The van der Waals surface area contributed by atoms with Crippen LogP contribution in [0.4, 0.5) is 0 Å². The van der Waals surface area contributed by atoms with Crippen LogP contribution in [0, 0.1) is 17.3 Å². The van der Waals surface area contributed by atoms with Crippen LogP contribution in [0.2, 0.25) is 0 Å². The molecule has 1 amide bonds. The van der Waals surface area contributed by atoms with Gasteiger partial charge in [0.1, 0.15) is 11.4 Å². The van der Waals surface area contributed by atoms with Gasteiger partial charge in [-0.25, -0.2) is 0 Å². The highest BCUT2D eigenvalue weighted by molar-refractivity contribution is 5.87. The van der Waals surface area contributed by atoms with E-state index in [4.69, 9.17) is 4.74 Å². The van der Waals surface area contributed by atoms with Crippen molar-refractivity contribution in [3.05, 3.63) is 65.3 Å². The normalized spacial score (nSPS) is 39.0. The molecule has 0 radical (unpaired) electrons. The molecule has 3 aliphatic carbocycles. The highest BCUT2D eigenvalue weighted by Gasteiger charge is 2.53. The van der Waals surface area contributed by atoms with Crippen molar-refractivity contribution in [3.8, 4) is 5.75 Å². The fourth-order valence-corrected chi connectivity index (χ4v) is 8.00. The predicted octanol–water partition coefficient (Wildman–Crippen LogP) is 5.08. The molecule has 6 nitrogen and oxygen atoms in total.